The number of aromatic nitrogens is 2. The number of oxime groups is 1. The Morgan fingerprint density at radius 3 is 2.50 bits per heavy atom. The Bertz CT molecular complexity index is 1640. The van der Waals surface area contributed by atoms with Gasteiger partial charge in [-0.05, 0) is 34.4 Å². The Labute approximate surface area is 266 Å². The van der Waals surface area contributed by atoms with Crippen LogP contribution in [0, 0.1) is 0 Å². The lowest BCUT2D eigenvalue weighted by atomic mass is 10.0. The number of benzene rings is 2. The highest BCUT2D eigenvalue weighted by Crippen LogP contribution is 2.41. The molecular weight excluding hydrogens is 628 g/mol. The molecule has 0 spiro atoms. The number of nitrogens with zero attached hydrogens (tertiary/aromatic N) is 4. The maximum atomic E-state index is 13.5. The van der Waals surface area contributed by atoms with Crippen LogP contribution >= 0.6 is 34.9 Å². The second-order valence-corrected chi connectivity index (χ2v) is 11.6. The van der Waals surface area contributed by atoms with Gasteiger partial charge >= 0.3 is 5.97 Å². The molecule has 15 heteroatoms. The van der Waals surface area contributed by atoms with E-state index >= 15 is 0 Å². The topological polar surface area (TPSA) is 158 Å². The van der Waals surface area contributed by atoms with Crippen molar-refractivity contribution < 1.29 is 28.7 Å². The first-order valence-electron chi connectivity index (χ1n) is 13.1. The minimum absolute atomic E-state index is 0.0101. The fourth-order valence-corrected chi connectivity index (χ4v) is 6.36. The van der Waals surface area contributed by atoms with Crippen LogP contribution in [0.2, 0.25) is 0 Å². The summed E-state index contributed by atoms with van der Waals surface area (Å²) in [6.07, 6.45) is 3.65. The number of hydrogen-bond acceptors (Lipinski definition) is 12. The SMILES string of the molecule is CO/N=C(\C(=O)N[C@@H]1C(=O)N2C(C(=O)OCc3ccc(OC)cc3)=C(/C=C/c3ccc(CCl)cc3)CS[C@H]12)c1nsc(N)n1. The lowest BCUT2D eigenvalue weighted by molar-refractivity contribution is -0.153. The number of carbonyl (C=O) groups excluding carboxylic acids is 3. The van der Waals surface area contributed by atoms with Crippen molar-refractivity contribution in [2.75, 3.05) is 25.7 Å². The number of β-lactam (4-membered cyclic amide) rings is 1. The van der Waals surface area contributed by atoms with Crippen molar-refractivity contribution in [2.45, 2.75) is 23.9 Å². The number of alkyl halides is 1. The summed E-state index contributed by atoms with van der Waals surface area (Å²) in [4.78, 5) is 50.3. The lowest BCUT2D eigenvalue weighted by Crippen LogP contribution is -2.71. The Hall–Kier alpha value is -4.40. The van der Waals surface area contributed by atoms with Gasteiger partial charge in [-0.25, -0.2) is 4.79 Å². The van der Waals surface area contributed by atoms with E-state index < -0.39 is 29.2 Å². The number of thioether (sulfide) groups is 1. The molecule has 3 N–H and O–H groups in total. The van der Waals surface area contributed by atoms with Gasteiger partial charge in [-0.1, -0.05) is 53.7 Å². The number of fused-ring (bicyclic) bond motifs is 1. The third-order valence-electron chi connectivity index (χ3n) is 6.67. The number of anilines is 1. The number of allylic oxidation sites excluding steroid dienone is 1. The molecule has 12 nitrogen and oxygen atoms in total. The maximum Gasteiger partial charge on any atom is 0.355 e. The number of rotatable bonds is 11. The molecule has 0 saturated carbocycles. The number of halogens is 1. The van der Waals surface area contributed by atoms with Crippen LogP contribution in [0.4, 0.5) is 5.13 Å². The molecule has 0 unspecified atom stereocenters. The van der Waals surface area contributed by atoms with Crippen molar-refractivity contribution in [3.63, 3.8) is 0 Å². The minimum Gasteiger partial charge on any atom is -0.497 e. The molecule has 2 atom stereocenters. The van der Waals surface area contributed by atoms with Crippen molar-refractivity contribution in [3.05, 3.63) is 88.4 Å². The summed E-state index contributed by atoms with van der Waals surface area (Å²) in [7, 11) is 2.84. The van der Waals surface area contributed by atoms with Crippen LogP contribution in [0.3, 0.4) is 0 Å². The number of carbonyl (C=O) groups is 3. The van der Waals surface area contributed by atoms with E-state index in [9.17, 15) is 14.4 Å². The Morgan fingerprint density at radius 1 is 1.14 bits per heavy atom. The molecule has 5 rings (SSSR count). The molecule has 0 radical (unpaired) electrons. The quantitative estimate of drug-likeness (QED) is 0.103. The zero-order valence-electron chi connectivity index (χ0n) is 23.6. The zero-order valence-corrected chi connectivity index (χ0v) is 25.9. The molecule has 3 aromatic rings. The van der Waals surface area contributed by atoms with Crippen LogP contribution in [-0.4, -0.2) is 69.1 Å². The molecule has 2 amide bonds. The highest BCUT2D eigenvalue weighted by molar-refractivity contribution is 8.00. The molecular formula is C29H27ClN6O6S2. The first-order chi connectivity index (χ1) is 21.3. The summed E-state index contributed by atoms with van der Waals surface area (Å²) >= 11 is 8.20. The molecule has 1 saturated heterocycles. The number of nitrogens with two attached hydrogens (primary N) is 1. The van der Waals surface area contributed by atoms with E-state index in [2.05, 4.69) is 19.8 Å². The highest BCUT2D eigenvalue weighted by Gasteiger charge is 2.54. The van der Waals surface area contributed by atoms with Gasteiger partial charge in [0.1, 0.15) is 36.6 Å². The van der Waals surface area contributed by atoms with Gasteiger partial charge in [-0.2, -0.15) is 9.36 Å². The minimum atomic E-state index is -0.941. The van der Waals surface area contributed by atoms with Gasteiger partial charge in [0.15, 0.2) is 5.13 Å². The van der Waals surface area contributed by atoms with Crippen LogP contribution < -0.4 is 15.8 Å². The van der Waals surface area contributed by atoms with Crippen molar-refractivity contribution in [1.29, 1.82) is 0 Å². The van der Waals surface area contributed by atoms with Crippen LogP contribution in [0.1, 0.15) is 22.5 Å². The summed E-state index contributed by atoms with van der Waals surface area (Å²) in [6, 6.07) is 13.8. The van der Waals surface area contributed by atoms with Crippen molar-refractivity contribution in [2.24, 2.45) is 5.16 Å². The van der Waals surface area contributed by atoms with Crippen molar-refractivity contribution in [1.82, 2.24) is 19.6 Å². The molecule has 3 heterocycles. The lowest BCUT2D eigenvalue weighted by Gasteiger charge is -2.49. The Morgan fingerprint density at radius 2 is 1.86 bits per heavy atom. The van der Waals surface area contributed by atoms with E-state index in [1.807, 2.05) is 30.3 Å². The molecule has 1 aromatic heterocycles. The number of amides is 2. The van der Waals surface area contributed by atoms with Gasteiger partial charge < -0.3 is 25.4 Å². The smallest absolute Gasteiger partial charge is 0.355 e. The average molecular weight is 655 g/mol. The van der Waals surface area contributed by atoms with Gasteiger partial charge in [0.2, 0.25) is 11.5 Å². The van der Waals surface area contributed by atoms with Crippen LogP contribution in [0.25, 0.3) is 6.08 Å². The molecule has 2 aliphatic rings. The molecule has 0 bridgehead atoms. The average Bonchev–Trinajstić information content (AvgIpc) is 3.49. The van der Waals surface area contributed by atoms with E-state index in [0.717, 1.165) is 28.2 Å². The van der Waals surface area contributed by atoms with E-state index in [1.54, 1.807) is 37.5 Å². The summed E-state index contributed by atoms with van der Waals surface area (Å²) in [5, 5.41) is 5.98. The Balaban J connectivity index is 1.38. The van der Waals surface area contributed by atoms with Crippen molar-refractivity contribution >= 4 is 69.6 Å². The normalized spacial score (nSPS) is 18.1. The first kappa shape index (κ1) is 31.0. The first-order valence-corrected chi connectivity index (χ1v) is 15.5. The third-order valence-corrected chi connectivity index (χ3v) is 8.82. The monoisotopic (exact) mass is 654 g/mol. The van der Waals surface area contributed by atoms with Crippen molar-refractivity contribution in [3.8, 4) is 5.75 Å². The standard InChI is InChI=1S/C29H27ClN6O6S2/c1-40-20-11-8-18(9-12-20)14-42-28(39)23-19(10-7-16-3-5-17(13-30)6-4-16)15-43-27-22(26(38)36(23)27)32-25(37)21(34-41-2)24-33-29(31)44-35-24/h3-12,22,27H,13-15H2,1-2H3,(H,32,37)(H2,31,33,35)/b10-7+,34-21-/t22-,27-/m1/s1. The van der Waals surface area contributed by atoms with Crippen LogP contribution in [-0.2, 0) is 36.4 Å². The number of esters is 1. The summed E-state index contributed by atoms with van der Waals surface area (Å²) in [5.74, 6) is -0.430. The maximum absolute atomic E-state index is 13.5. The molecule has 1 fully saturated rings. The molecule has 0 aliphatic carbocycles. The third kappa shape index (κ3) is 6.72. The van der Waals surface area contributed by atoms with E-state index in [4.69, 9.17) is 31.6 Å². The Kier molecular flexibility index (Phi) is 9.82. The number of ether oxygens (including phenoxy) is 2. The predicted octanol–water partition coefficient (Wildman–Crippen LogP) is 3.33. The van der Waals surface area contributed by atoms with Crippen LogP contribution in [0.5, 0.6) is 5.75 Å². The number of hydrogen-bond donors (Lipinski definition) is 2. The summed E-state index contributed by atoms with van der Waals surface area (Å²) in [6.45, 7) is -0.0101. The number of methoxy groups -OCH3 is 1. The molecule has 2 aromatic carbocycles. The molecule has 2 aliphatic heterocycles. The van der Waals surface area contributed by atoms with E-state index in [-0.39, 0.29) is 29.0 Å². The van der Waals surface area contributed by atoms with Gasteiger partial charge in [-0.15, -0.1) is 23.4 Å². The number of nitrogens with one attached hydrogen (secondary N) is 1. The van der Waals surface area contributed by atoms with E-state index in [1.165, 1.54) is 23.8 Å². The van der Waals surface area contributed by atoms with Gasteiger partial charge in [-0.3, -0.25) is 14.5 Å². The second-order valence-electron chi connectivity index (χ2n) is 9.45. The van der Waals surface area contributed by atoms with Gasteiger partial charge in [0, 0.05) is 23.2 Å². The largest absolute Gasteiger partial charge is 0.497 e. The second kappa shape index (κ2) is 13.9. The van der Waals surface area contributed by atoms with E-state index in [0.29, 0.717) is 23.0 Å². The van der Waals surface area contributed by atoms with Gasteiger partial charge in [0.25, 0.3) is 11.8 Å². The van der Waals surface area contributed by atoms with Gasteiger partial charge in [0.05, 0.1) is 7.11 Å². The summed E-state index contributed by atoms with van der Waals surface area (Å²) < 4.78 is 14.9. The molecule has 44 heavy (non-hydrogen) atoms. The zero-order chi connectivity index (χ0) is 31.2. The summed E-state index contributed by atoms with van der Waals surface area (Å²) in [5.41, 5.74) is 8.77. The highest BCUT2D eigenvalue weighted by atomic mass is 35.5. The fourth-order valence-electron chi connectivity index (χ4n) is 4.43. The predicted molar refractivity (Wildman–Crippen MR) is 168 cm³/mol. The number of nitrogen functional groups attached to an aromatic ring is 1. The van der Waals surface area contributed by atoms with Crippen LogP contribution in [0.15, 0.2) is 71.0 Å². The molecule has 228 valence electrons. The fraction of sp³-hybridized carbons (Fsp3) is 0.241.